The van der Waals surface area contributed by atoms with Crippen LogP contribution in [-0.2, 0) is 5.88 Å². The lowest BCUT2D eigenvalue weighted by Gasteiger charge is -2.10. The quantitative estimate of drug-likeness (QED) is 0.553. The number of fused-ring (bicyclic) bond motifs is 1. The maximum absolute atomic E-state index is 9.21. The predicted molar refractivity (Wildman–Crippen MR) is 100 cm³/mol. The fraction of sp³-hybridized carbons (Fsp3) is 0.0526. The highest BCUT2D eigenvalue weighted by molar-refractivity contribution is 6.16. The van der Waals surface area contributed by atoms with E-state index in [4.69, 9.17) is 11.6 Å². The number of hydrogen-bond acceptors (Lipinski definition) is 5. The van der Waals surface area contributed by atoms with Crippen LogP contribution in [0.15, 0.2) is 61.1 Å². The van der Waals surface area contributed by atoms with Crippen molar-refractivity contribution in [3.8, 4) is 17.2 Å². The summed E-state index contributed by atoms with van der Waals surface area (Å²) in [6, 6.07) is 15.9. The molecule has 0 amide bonds. The normalized spacial score (nSPS) is 10.6. The van der Waals surface area contributed by atoms with E-state index in [2.05, 4.69) is 26.5 Å². The van der Waals surface area contributed by atoms with Gasteiger partial charge in [-0.05, 0) is 35.4 Å². The lowest BCUT2D eigenvalue weighted by atomic mass is 10.1. The second-order valence-electron chi connectivity index (χ2n) is 5.61. The standard InChI is InChI=1S/C19H13ClN6/c20-10-17-9-18(26-19(25-17)15(11-21)12-23-26)24-16-3-1-13(2-4-16)14-5-7-22-8-6-14/h1-9,12,24H,10H2. The highest BCUT2D eigenvalue weighted by Gasteiger charge is 2.11. The summed E-state index contributed by atoms with van der Waals surface area (Å²) in [4.78, 5) is 8.42. The molecule has 0 saturated carbocycles. The van der Waals surface area contributed by atoms with Gasteiger partial charge in [-0.25, -0.2) is 4.98 Å². The molecular weight excluding hydrogens is 348 g/mol. The molecule has 0 radical (unpaired) electrons. The van der Waals surface area contributed by atoms with Crippen LogP contribution in [0, 0.1) is 11.3 Å². The van der Waals surface area contributed by atoms with Gasteiger partial charge in [0, 0.05) is 24.1 Å². The minimum atomic E-state index is 0.252. The predicted octanol–water partition coefficient (Wildman–Crippen LogP) is 4.15. The van der Waals surface area contributed by atoms with E-state index in [-0.39, 0.29) is 5.88 Å². The lowest BCUT2D eigenvalue weighted by Crippen LogP contribution is -2.03. The van der Waals surface area contributed by atoms with Crippen molar-refractivity contribution in [2.24, 2.45) is 0 Å². The zero-order valence-corrected chi connectivity index (χ0v) is 14.4. The van der Waals surface area contributed by atoms with Gasteiger partial charge in [0.05, 0.1) is 17.8 Å². The molecule has 0 aliphatic carbocycles. The number of hydrogen-bond donors (Lipinski definition) is 1. The van der Waals surface area contributed by atoms with Gasteiger partial charge in [0.25, 0.3) is 0 Å². The minimum absolute atomic E-state index is 0.252. The van der Waals surface area contributed by atoms with Gasteiger partial charge in [-0.15, -0.1) is 11.6 Å². The molecule has 126 valence electrons. The number of alkyl halides is 1. The molecule has 0 bridgehead atoms. The number of anilines is 2. The fourth-order valence-corrected chi connectivity index (χ4v) is 2.82. The van der Waals surface area contributed by atoms with Crippen molar-refractivity contribution >= 4 is 28.8 Å². The number of pyridine rings is 1. The van der Waals surface area contributed by atoms with Gasteiger partial charge < -0.3 is 5.32 Å². The third kappa shape index (κ3) is 2.96. The Morgan fingerprint density at radius 1 is 1.08 bits per heavy atom. The highest BCUT2D eigenvalue weighted by atomic mass is 35.5. The molecule has 0 aliphatic rings. The van der Waals surface area contributed by atoms with Crippen LogP contribution in [0.3, 0.4) is 0 Å². The lowest BCUT2D eigenvalue weighted by molar-refractivity contribution is 0.935. The third-order valence-corrected chi connectivity index (χ3v) is 4.23. The van der Waals surface area contributed by atoms with Gasteiger partial charge in [-0.2, -0.15) is 14.9 Å². The Kier molecular flexibility index (Phi) is 4.22. The van der Waals surface area contributed by atoms with Crippen molar-refractivity contribution in [1.82, 2.24) is 19.6 Å². The Morgan fingerprint density at radius 3 is 2.50 bits per heavy atom. The second kappa shape index (κ2) is 6.82. The topological polar surface area (TPSA) is 78.9 Å². The summed E-state index contributed by atoms with van der Waals surface area (Å²) < 4.78 is 1.60. The Bertz CT molecular complexity index is 1100. The van der Waals surface area contributed by atoms with E-state index in [1.165, 1.54) is 6.20 Å². The number of nitriles is 1. The van der Waals surface area contributed by atoms with Gasteiger partial charge in [0.2, 0.25) is 0 Å². The smallest absolute Gasteiger partial charge is 0.175 e. The monoisotopic (exact) mass is 360 g/mol. The average molecular weight is 361 g/mol. The molecular formula is C19H13ClN6. The molecule has 0 aliphatic heterocycles. The number of nitrogens with zero attached hydrogens (tertiary/aromatic N) is 5. The number of nitrogens with one attached hydrogen (secondary N) is 1. The molecule has 6 nitrogen and oxygen atoms in total. The minimum Gasteiger partial charge on any atom is -0.340 e. The van der Waals surface area contributed by atoms with Crippen LogP contribution in [0.5, 0.6) is 0 Å². The SMILES string of the molecule is N#Cc1cnn2c(Nc3ccc(-c4ccncc4)cc3)cc(CCl)nc12. The summed E-state index contributed by atoms with van der Waals surface area (Å²) in [5.41, 5.74) is 4.67. The molecule has 7 heteroatoms. The molecule has 26 heavy (non-hydrogen) atoms. The zero-order chi connectivity index (χ0) is 17.9. The molecule has 4 rings (SSSR count). The van der Waals surface area contributed by atoms with E-state index < -0.39 is 0 Å². The maximum atomic E-state index is 9.21. The highest BCUT2D eigenvalue weighted by Crippen LogP contribution is 2.24. The molecule has 1 N–H and O–H groups in total. The summed E-state index contributed by atoms with van der Waals surface area (Å²) in [7, 11) is 0. The number of rotatable bonds is 4. The second-order valence-corrected chi connectivity index (χ2v) is 5.88. The number of halogens is 1. The van der Waals surface area contributed by atoms with Crippen molar-refractivity contribution in [2.75, 3.05) is 5.32 Å². The van der Waals surface area contributed by atoms with Crippen molar-refractivity contribution in [3.63, 3.8) is 0 Å². The molecule has 0 unspecified atom stereocenters. The molecule has 4 aromatic rings. The van der Waals surface area contributed by atoms with Crippen molar-refractivity contribution < 1.29 is 0 Å². The molecule has 3 heterocycles. The van der Waals surface area contributed by atoms with Crippen molar-refractivity contribution in [2.45, 2.75) is 5.88 Å². The van der Waals surface area contributed by atoms with E-state index in [0.717, 1.165) is 16.8 Å². The summed E-state index contributed by atoms with van der Waals surface area (Å²) in [5, 5.41) is 16.8. The fourth-order valence-electron chi connectivity index (χ4n) is 2.69. The van der Waals surface area contributed by atoms with E-state index >= 15 is 0 Å². The summed E-state index contributed by atoms with van der Waals surface area (Å²) in [6.45, 7) is 0. The molecule has 0 saturated heterocycles. The van der Waals surface area contributed by atoms with E-state index in [1.54, 1.807) is 16.9 Å². The maximum Gasteiger partial charge on any atom is 0.175 e. The summed E-state index contributed by atoms with van der Waals surface area (Å²) in [5.74, 6) is 0.950. The molecule has 0 fully saturated rings. The van der Waals surface area contributed by atoms with E-state index in [0.29, 0.717) is 22.7 Å². The first-order valence-electron chi connectivity index (χ1n) is 7.89. The largest absolute Gasteiger partial charge is 0.340 e. The Balaban J connectivity index is 1.69. The van der Waals surface area contributed by atoms with Crippen molar-refractivity contribution in [1.29, 1.82) is 5.26 Å². The first kappa shape index (κ1) is 16.1. The average Bonchev–Trinajstić information content (AvgIpc) is 3.12. The van der Waals surface area contributed by atoms with Crippen LogP contribution in [0.4, 0.5) is 11.5 Å². The van der Waals surface area contributed by atoms with Crippen LogP contribution >= 0.6 is 11.6 Å². The van der Waals surface area contributed by atoms with Crippen LogP contribution < -0.4 is 5.32 Å². The van der Waals surface area contributed by atoms with Crippen LogP contribution in [-0.4, -0.2) is 19.6 Å². The molecule has 3 aromatic heterocycles. The van der Waals surface area contributed by atoms with Crippen LogP contribution in [0.1, 0.15) is 11.3 Å². The Morgan fingerprint density at radius 2 is 1.81 bits per heavy atom. The number of aromatic nitrogens is 4. The van der Waals surface area contributed by atoms with E-state index in [1.807, 2.05) is 42.5 Å². The molecule has 1 aromatic carbocycles. The summed E-state index contributed by atoms with van der Waals surface area (Å²) in [6.07, 6.45) is 5.04. The van der Waals surface area contributed by atoms with Gasteiger partial charge in [0.1, 0.15) is 17.5 Å². The zero-order valence-electron chi connectivity index (χ0n) is 13.6. The summed E-state index contributed by atoms with van der Waals surface area (Å²) >= 11 is 5.95. The van der Waals surface area contributed by atoms with Gasteiger partial charge in [-0.1, -0.05) is 12.1 Å². The number of benzene rings is 1. The van der Waals surface area contributed by atoms with E-state index in [9.17, 15) is 5.26 Å². The Labute approximate surface area is 154 Å². The molecule has 0 spiro atoms. The van der Waals surface area contributed by atoms with Crippen LogP contribution in [0.2, 0.25) is 0 Å². The van der Waals surface area contributed by atoms with Crippen molar-refractivity contribution in [3.05, 3.63) is 72.3 Å². The van der Waals surface area contributed by atoms with Crippen LogP contribution in [0.25, 0.3) is 16.8 Å². The first-order chi connectivity index (χ1) is 12.8. The molecule has 0 atom stereocenters. The van der Waals surface area contributed by atoms with Gasteiger partial charge >= 0.3 is 0 Å². The van der Waals surface area contributed by atoms with Gasteiger partial charge in [0.15, 0.2) is 5.65 Å². The third-order valence-electron chi connectivity index (χ3n) is 3.95. The first-order valence-corrected chi connectivity index (χ1v) is 8.43. The van der Waals surface area contributed by atoms with Gasteiger partial charge in [-0.3, -0.25) is 4.98 Å². The Hall–Kier alpha value is -3.43.